The standard InChI is InChI=1S/C16H11NO2S3/c18-22(19,16-10-5-11-20-16)17-12-6-1-3-8-14(12)21-15-9-4-2-7-13(15)17/h1-11H. The molecule has 1 aliphatic heterocycles. The number of para-hydroxylation sites is 2. The van der Waals surface area contributed by atoms with E-state index in [9.17, 15) is 8.42 Å². The van der Waals surface area contributed by atoms with Crippen LogP contribution in [0.1, 0.15) is 0 Å². The zero-order chi connectivity index (χ0) is 15.2. The highest BCUT2D eigenvalue weighted by Crippen LogP contribution is 2.50. The third kappa shape index (κ3) is 2.06. The molecule has 0 saturated carbocycles. The molecule has 1 aromatic heterocycles. The van der Waals surface area contributed by atoms with Crippen molar-refractivity contribution in [1.82, 2.24) is 0 Å². The summed E-state index contributed by atoms with van der Waals surface area (Å²) in [5, 5.41) is 1.78. The third-order valence-corrected chi connectivity index (χ3v) is 7.61. The van der Waals surface area contributed by atoms with E-state index in [4.69, 9.17) is 0 Å². The fraction of sp³-hybridized carbons (Fsp3) is 0. The van der Waals surface area contributed by atoms with E-state index >= 15 is 0 Å². The summed E-state index contributed by atoms with van der Waals surface area (Å²) in [6.45, 7) is 0. The average Bonchev–Trinajstić information content (AvgIpc) is 3.07. The molecular formula is C16H11NO2S3. The predicted octanol–water partition coefficient (Wildman–Crippen LogP) is 4.74. The molecule has 6 heteroatoms. The summed E-state index contributed by atoms with van der Waals surface area (Å²) in [6.07, 6.45) is 0. The minimum atomic E-state index is -3.61. The van der Waals surface area contributed by atoms with E-state index < -0.39 is 10.0 Å². The van der Waals surface area contributed by atoms with Crippen LogP contribution < -0.4 is 4.31 Å². The van der Waals surface area contributed by atoms with E-state index in [1.165, 1.54) is 15.6 Å². The molecule has 0 unspecified atom stereocenters. The van der Waals surface area contributed by atoms with E-state index in [1.807, 2.05) is 48.5 Å². The van der Waals surface area contributed by atoms with Gasteiger partial charge in [-0.2, -0.15) is 8.42 Å². The van der Waals surface area contributed by atoms with Crippen LogP contribution in [0.3, 0.4) is 0 Å². The molecule has 3 nitrogen and oxygen atoms in total. The molecule has 0 bridgehead atoms. The zero-order valence-electron chi connectivity index (χ0n) is 11.3. The molecule has 1 aliphatic rings. The first kappa shape index (κ1) is 13.9. The number of rotatable bonds is 2. The third-order valence-electron chi connectivity index (χ3n) is 3.38. The van der Waals surface area contributed by atoms with Gasteiger partial charge in [0.25, 0.3) is 10.0 Å². The molecule has 2 heterocycles. The second-order valence-electron chi connectivity index (χ2n) is 4.74. The van der Waals surface area contributed by atoms with Gasteiger partial charge in [-0.1, -0.05) is 42.1 Å². The molecule has 0 saturated heterocycles. The molecule has 0 atom stereocenters. The highest BCUT2D eigenvalue weighted by molar-refractivity contribution is 8.00. The molecule has 4 rings (SSSR count). The van der Waals surface area contributed by atoms with E-state index in [0.29, 0.717) is 15.6 Å². The fourth-order valence-corrected chi connectivity index (χ4v) is 6.20. The number of anilines is 2. The Morgan fingerprint density at radius 3 is 1.91 bits per heavy atom. The molecule has 22 heavy (non-hydrogen) atoms. The molecule has 0 fully saturated rings. The van der Waals surface area contributed by atoms with Gasteiger partial charge in [-0.05, 0) is 35.7 Å². The monoisotopic (exact) mass is 345 g/mol. The van der Waals surface area contributed by atoms with Crippen LogP contribution in [0.4, 0.5) is 11.4 Å². The van der Waals surface area contributed by atoms with Gasteiger partial charge in [0, 0.05) is 9.79 Å². The molecule has 0 amide bonds. The number of benzene rings is 2. The van der Waals surface area contributed by atoms with Crippen molar-refractivity contribution in [2.75, 3.05) is 4.31 Å². The Hall–Kier alpha value is -1.76. The first-order valence-electron chi connectivity index (χ1n) is 6.63. The lowest BCUT2D eigenvalue weighted by molar-refractivity contribution is 0.597. The van der Waals surface area contributed by atoms with Gasteiger partial charge in [-0.3, -0.25) is 0 Å². The Morgan fingerprint density at radius 1 is 0.773 bits per heavy atom. The van der Waals surface area contributed by atoms with Gasteiger partial charge in [0.2, 0.25) is 0 Å². The van der Waals surface area contributed by atoms with Crippen LogP contribution >= 0.6 is 23.1 Å². The van der Waals surface area contributed by atoms with E-state index in [2.05, 4.69) is 0 Å². The molecule has 0 radical (unpaired) electrons. The van der Waals surface area contributed by atoms with E-state index in [-0.39, 0.29) is 0 Å². The lowest BCUT2D eigenvalue weighted by Gasteiger charge is -2.31. The Morgan fingerprint density at radius 2 is 1.36 bits per heavy atom. The van der Waals surface area contributed by atoms with Crippen molar-refractivity contribution >= 4 is 44.5 Å². The van der Waals surface area contributed by atoms with Crippen molar-refractivity contribution in [2.45, 2.75) is 14.0 Å². The maximum Gasteiger partial charge on any atom is 0.278 e. The SMILES string of the molecule is O=S(=O)(c1cccs1)N1c2ccccc2Sc2ccccc21. The Labute approximate surface area is 137 Å². The number of nitrogens with zero attached hydrogens (tertiary/aromatic N) is 1. The predicted molar refractivity (Wildman–Crippen MR) is 90.7 cm³/mol. The highest BCUT2D eigenvalue weighted by atomic mass is 32.2. The molecule has 0 spiro atoms. The first-order chi connectivity index (χ1) is 10.7. The average molecular weight is 345 g/mol. The van der Waals surface area contributed by atoms with Crippen molar-refractivity contribution < 1.29 is 8.42 Å². The van der Waals surface area contributed by atoms with Gasteiger partial charge in [0.15, 0.2) is 0 Å². The number of sulfonamides is 1. The molecule has 0 N–H and O–H groups in total. The largest absolute Gasteiger partial charge is 0.278 e. The quantitative estimate of drug-likeness (QED) is 0.673. The topological polar surface area (TPSA) is 37.4 Å². The number of fused-ring (bicyclic) bond motifs is 2. The van der Waals surface area contributed by atoms with Crippen molar-refractivity contribution in [1.29, 1.82) is 0 Å². The smallest absolute Gasteiger partial charge is 0.232 e. The molecule has 3 aromatic rings. The summed E-state index contributed by atoms with van der Waals surface area (Å²) in [5.74, 6) is 0. The lowest BCUT2D eigenvalue weighted by atomic mass is 10.2. The second kappa shape index (κ2) is 5.15. The van der Waals surface area contributed by atoms with Crippen LogP contribution in [-0.4, -0.2) is 8.42 Å². The Kier molecular flexibility index (Phi) is 3.25. The van der Waals surface area contributed by atoms with Gasteiger partial charge in [0.1, 0.15) is 4.21 Å². The van der Waals surface area contributed by atoms with Crippen LogP contribution in [0.15, 0.2) is 80.0 Å². The summed E-state index contributed by atoms with van der Waals surface area (Å²) in [6, 6.07) is 18.6. The number of hydrogen-bond donors (Lipinski definition) is 0. The molecular weight excluding hydrogens is 334 g/mol. The van der Waals surface area contributed by atoms with Crippen LogP contribution in [0.5, 0.6) is 0 Å². The van der Waals surface area contributed by atoms with E-state index in [1.54, 1.807) is 29.3 Å². The minimum absolute atomic E-state index is 0.351. The number of hydrogen-bond acceptors (Lipinski definition) is 4. The molecule has 2 aromatic carbocycles. The summed E-state index contributed by atoms with van der Waals surface area (Å²) >= 11 is 2.83. The van der Waals surface area contributed by atoms with Gasteiger partial charge in [0.05, 0.1) is 11.4 Å². The second-order valence-corrected chi connectivity index (χ2v) is 8.78. The maximum atomic E-state index is 13.1. The van der Waals surface area contributed by atoms with Crippen molar-refractivity contribution in [3.63, 3.8) is 0 Å². The minimum Gasteiger partial charge on any atom is -0.232 e. The first-order valence-corrected chi connectivity index (χ1v) is 9.76. The maximum absolute atomic E-state index is 13.1. The Balaban J connectivity index is 2.00. The van der Waals surface area contributed by atoms with Crippen LogP contribution in [-0.2, 0) is 10.0 Å². The normalized spacial score (nSPS) is 13.5. The Bertz CT molecular complexity index is 888. The van der Waals surface area contributed by atoms with Crippen LogP contribution in [0, 0.1) is 0 Å². The summed E-state index contributed by atoms with van der Waals surface area (Å²) < 4.78 is 28.0. The van der Waals surface area contributed by atoms with Gasteiger partial charge >= 0.3 is 0 Å². The summed E-state index contributed by atoms with van der Waals surface area (Å²) in [4.78, 5) is 1.89. The van der Waals surface area contributed by atoms with E-state index in [0.717, 1.165) is 9.79 Å². The zero-order valence-corrected chi connectivity index (χ0v) is 13.8. The van der Waals surface area contributed by atoms with Crippen molar-refractivity contribution in [2.24, 2.45) is 0 Å². The van der Waals surface area contributed by atoms with Crippen LogP contribution in [0.25, 0.3) is 0 Å². The molecule has 0 aliphatic carbocycles. The van der Waals surface area contributed by atoms with Gasteiger partial charge in [-0.15, -0.1) is 11.3 Å². The lowest BCUT2D eigenvalue weighted by Crippen LogP contribution is -2.28. The van der Waals surface area contributed by atoms with Gasteiger partial charge < -0.3 is 0 Å². The number of thiophene rings is 1. The molecule has 110 valence electrons. The van der Waals surface area contributed by atoms with Crippen LogP contribution in [0.2, 0.25) is 0 Å². The van der Waals surface area contributed by atoms with Crippen molar-refractivity contribution in [3.8, 4) is 0 Å². The fourth-order valence-electron chi connectivity index (χ4n) is 2.43. The summed E-state index contributed by atoms with van der Waals surface area (Å²) in [5.41, 5.74) is 1.42. The summed E-state index contributed by atoms with van der Waals surface area (Å²) in [7, 11) is -3.61. The highest BCUT2D eigenvalue weighted by Gasteiger charge is 2.33. The van der Waals surface area contributed by atoms with Crippen molar-refractivity contribution in [3.05, 3.63) is 66.0 Å². The van der Waals surface area contributed by atoms with Gasteiger partial charge in [-0.25, -0.2) is 4.31 Å².